The third-order valence-corrected chi connectivity index (χ3v) is 5.54. The molecule has 3 aromatic rings. The molecule has 2 heterocycles. The van der Waals surface area contributed by atoms with Crippen LogP contribution in [-0.4, -0.2) is 20.6 Å². The molecular formula is C24H27ClN2O3. The van der Waals surface area contributed by atoms with Crippen LogP contribution in [0, 0.1) is 12.8 Å². The highest BCUT2D eigenvalue weighted by Gasteiger charge is 2.22. The molecule has 1 atom stereocenters. The van der Waals surface area contributed by atoms with Crippen molar-refractivity contribution >= 4 is 29.2 Å². The van der Waals surface area contributed by atoms with Gasteiger partial charge in [0.1, 0.15) is 17.3 Å². The number of carbonyl (C=O) groups is 1. The maximum absolute atomic E-state index is 11.8. The van der Waals surface area contributed by atoms with Crippen molar-refractivity contribution in [2.24, 2.45) is 5.92 Å². The van der Waals surface area contributed by atoms with Gasteiger partial charge >= 0.3 is 5.97 Å². The molecule has 0 saturated heterocycles. The third kappa shape index (κ3) is 5.03. The molecule has 30 heavy (non-hydrogen) atoms. The van der Waals surface area contributed by atoms with Gasteiger partial charge in [0, 0.05) is 17.0 Å². The number of hydrogen-bond acceptors (Lipinski definition) is 3. The number of unbranched alkanes of at least 4 members (excludes halogenated alkanes) is 1. The number of nitrogens with zero attached hydrogens (tertiary/aromatic N) is 2. The summed E-state index contributed by atoms with van der Waals surface area (Å²) in [6.45, 7) is 6.22. The number of carboxylic acids is 1. The van der Waals surface area contributed by atoms with Gasteiger partial charge in [-0.25, -0.2) is 4.98 Å². The average Bonchev–Trinajstić information content (AvgIpc) is 3.31. The molecule has 2 aromatic heterocycles. The SMILES string of the molecule is CCCCc1ncc(/C=C(/c2ccc(C)o2)C(C)C(=O)O)n1Cc1ccccc1Cl. The van der Waals surface area contributed by atoms with Crippen molar-refractivity contribution in [1.82, 2.24) is 9.55 Å². The van der Waals surface area contributed by atoms with Crippen molar-refractivity contribution < 1.29 is 14.3 Å². The molecule has 5 nitrogen and oxygen atoms in total. The molecule has 0 spiro atoms. The van der Waals surface area contributed by atoms with Crippen LogP contribution in [0.2, 0.25) is 5.02 Å². The molecule has 6 heteroatoms. The molecule has 1 aromatic carbocycles. The van der Waals surface area contributed by atoms with Gasteiger partial charge in [0.05, 0.1) is 24.4 Å². The van der Waals surface area contributed by atoms with Crippen LogP contribution in [0.3, 0.4) is 0 Å². The summed E-state index contributed by atoms with van der Waals surface area (Å²) >= 11 is 6.40. The Bertz CT molecular complexity index is 1050. The minimum atomic E-state index is -0.904. The summed E-state index contributed by atoms with van der Waals surface area (Å²) in [5, 5.41) is 10.3. The van der Waals surface area contributed by atoms with Crippen molar-refractivity contribution in [2.45, 2.75) is 46.6 Å². The van der Waals surface area contributed by atoms with Crippen LogP contribution < -0.4 is 0 Å². The fourth-order valence-electron chi connectivity index (χ4n) is 3.35. The Morgan fingerprint density at radius 2 is 2.07 bits per heavy atom. The lowest BCUT2D eigenvalue weighted by atomic mass is 9.98. The van der Waals surface area contributed by atoms with E-state index in [1.165, 1.54) is 0 Å². The van der Waals surface area contributed by atoms with Gasteiger partial charge in [-0.3, -0.25) is 4.79 Å². The average molecular weight is 427 g/mol. The van der Waals surface area contributed by atoms with Gasteiger partial charge in [0.2, 0.25) is 0 Å². The number of aromatic nitrogens is 2. The summed E-state index contributed by atoms with van der Waals surface area (Å²) < 4.78 is 7.87. The Hall–Kier alpha value is -2.79. The molecule has 0 aliphatic heterocycles. The normalized spacial score (nSPS) is 12.9. The number of furan rings is 1. The molecule has 0 saturated carbocycles. The van der Waals surface area contributed by atoms with Crippen molar-refractivity contribution in [3.8, 4) is 0 Å². The first-order valence-corrected chi connectivity index (χ1v) is 10.6. The van der Waals surface area contributed by atoms with E-state index in [0.717, 1.165) is 42.1 Å². The second-order valence-electron chi connectivity index (χ2n) is 7.45. The molecule has 0 bridgehead atoms. The van der Waals surface area contributed by atoms with Crippen molar-refractivity contribution in [2.75, 3.05) is 0 Å². The lowest BCUT2D eigenvalue weighted by molar-refractivity contribution is -0.139. The first-order valence-electron chi connectivity index (χ1n) is 10.2. The quantitative estimate of drug-likeness (QED) is 0.449. The molecule has 0 aliphatic carbocycles. The molecule has 158 valence electrons. The number of aliphatic carboxylic acids is 1. The monoisotopic (exact) mass is 426 g/mol. The first-order chi connectivity index (χ1) is 14.4. The number of carboxylic acid groups (broad SMARTS) is 1. The lowest BCUT2D eigenvalue weighted by Crippen LogP contribution is -2.12. The Morgan fingerprint density at radius 1 is 1.30 bits per heavy atom. The number of aryl methyl sites for hydroxylation is 2. The largest absolute Gasteiger partial charge is 0.481 e. The molecule has 1 unspecified atom stereocenters. The van der Waals surface area contributed by atoms with Gasteiger partial charge < -0.3 is 14.1 Å². The molecule has 1 N–H and O–H groups in total. The zero-order chi connectivity index (χ0) is 21.7. The van der Waals surface area contributed by atoms with E-state index in [9.17, 15) is 9.90 Å². The van der Waals surface area contributed by atoms with Crippen LogP contribution in [0.4, 0.5) is 0 Å². The van der Waals surface area contributed by atoms with Crippen molar-refractivity contribution in [3.63, 3.8) is 0 Å². The molecule has 0 aliphatic rings. The topological polar surface area (TPSA) is 68.3 Å². The van der Waals surface area contributed by atoms with Gasteiger partial charge in [0.15, 0.2) is 0 Å². The summed E-state index contributed by atoms with van der Waals surface area (Å²) in [4.78, 5) is 16.4. The second kappa shape index (κ2) is 9.81. The summed E-state index contributed by atoms with van der Waals surface area (Å²) in [6.07, 6.45) is 6.61. The highest BCUT2D eigenvalue weighted by atomic mass is 35.5. The number of hydrogen-bond donors (Lipinski definition) is 1. The zero-order valence-electron chi connectivity index (χ0n) is 17.6. The molecule has 3 rings (SSSR count). The fraction of sp³-hybridized carbons (Fsp3) is 0.333. The number of benzene rings is 1. The molecule has 0 amide bonds. The van der Waals surface area contributed by atoms with E-state index in [1.54, 1.807) is 13.1 Å². The minimum Gasteiger partial charge on any atom is -0.481 e. The van der Waals surface area contributed by atoms with Gasteiger partial charge in [-0.15, -0.1) is 0 Å². The van der Waals surface area contributed by atoms with Gasteiger partial charge in [0.25, 0.3) is 0 Å². The van der Waals surface area contributed by atoms with E-state index in [1.807, 2.05) is 49.4 Å². The predicted octanol–water partition coefficient (Wildman–Crippen LogP) is 6.09. The minimum absolute atomic E-state index is 0.558. The molecular weight excluding hydrogens is 400 g/mol. The number of halogens is 1. The van der Waals surface area contributed by atoms with E-state index in [2.05, 4.69) is 16.5 Å². The van der Waals surface area contributed by atoms with Crippen molar-refractivity contribution in [1.29, 1.82) is 0 Å². The van der Waals surface area contributed by atoms with E-state index >= 15 is 0 Å². The van der Waals surface area contributed by atoms with E-state index in [0.29, 0.717) is 22.9 Å². The van der Waals surface area contributed by atoms with Gasteiger partial charge in [-0.05, 0) is 50.1 Å². The fourth-order valence-corrected chi connectivity index (χ4v) is 3.55. The maximum atomic E-state index is 11.8. The van der Waals surface area contributed by atoms with Crippen LogP contribution in [0.15, 0.2) is 47.0 Å². The molecule has 0 radical (unpaired) electrons. The van der Waals surface area contributed by atoms with Gasteiger partial charge in [-0.2, -0.15) is 0 Å². The first kappa shape index (κ1) is 21.9. The van der Waals surface area contributed by atoms with Crippen LogP contribution in [-0.2, 0) is 17.8 Å². The smallest absolute Gasteiger partial charge is 0.310 e. The predicted molar refractivity (Wildman–Crippen MR) is 120 cm³/mol. The summed E-state index contributed by atoms with van der Waals surface area (Å²) in [7, 11) is 0. The van der Waals surface area contributed by atoms with Crippen LogP contribution in [0.5, 0.6) is 0 Å². The Labute approximate surface area is 182 Å². The van der Waals surface area contributed by atoms with Crippen LogP contribution in [0.1, 0.15) is 55.3 Å². The highest BCUT2D eigenvalue weighted by Crippen LogP contribution is 2.29. The zero-order valence-corrected chi connectivity index (χ0v) is 18.3. The van der Waals surface area contributed by atoms with E-state index < -0.39 is 11.9 Å². The Balaban J connectivity index is 2.09. The van der Waals surface area contributed by atoms with Crippen molar-refractivity contribution in [3.05, 3.63) is 76.2 Å². The van der Waals surface area contributed by atoms with Crippen LogP contribution >= 0.6 is 11.6 Å². The standard InChI is InChI=1S/C24H27ClN2O3/c1-4-5-10-23-26-14-19(27(23)15-18-8-6-7-9-21(18)25)13-20(17(3)24(28)29)22-12-11-16(2)30-22/h6-9,11-14,17H,4-5,10,15H2,1-3H3,(H,28,29)/b20-13+. The summed E-state index contributed by atoms with van der Waals surface area (Å²) in [6, 6.07) is 11.4. The summed E-state index contributed by atoms with van der Waals surface area (Å²) in [5.74, 6) is 0.627. The van der Waals surface area contributed by atoms with E-state index in [4.69, 9.17) is 16.0 Å². The molecule has 0 fully saturated rings. The highest BCUT2D eigenvalue weighted by molar-refractivity contribution is 6.31. The number of imidazole rings is 1. The Kier molecular flexibility index (Phi) is 7.16. The maximum Gasteiger partial charge on any atom is 0.310 e. The summed E-state index contributed by atoms with van der Waals surface area (Å²) in [5.41, 5.74) is 2.43. The Morgan fingerprint density at radius 3 is 2.70 bits per heavy atom. The van der Waals surface area contributed by atoms with Crippen LogP contribution in [0.25, 0.3) is 11.6 Å². The van der Waals surface area contributed by atoms with Gasteiger partial charge in [-0.1, -0.05) is 43.1 Å². The third-order valence-electron chi connectivity index (χ3n) is 5.17. The number of rotatable bonds is 9. The lowest BCUT2D eigenvalue weighted by Gasteiger charge is -2.14. The second-order valence-corrected chi connectivity index (χ2v) is 7.86. The van der Waals surface area contributed by atoms with E-state index in [-0.39, 0.29) is 0 Å².